The number of nitrogens with two attached hydrogens (primary N) is 1. The van der Waals surface area contributed by atoms with E-state index in [0.29, 0.717) is 0 Å². The van der Waals surface area contributed by atoms with E-state index >= 15 is 0 Å². The number of hydrogen-bond acceptors (Lipinski definition) is 2. The Morgan fingerprint density at radius 1 is 1.15 bits per heavy atom. The molecule has 0 aliphatic heterocycles. The van der Waals surface area contributed by atoms with E-state index in [-0.39, 0.29) is 6.04 Å². The molecule has 2 aromatic rings. The normalized spacial score (nSPS) is 12.2. The summed E-state index contributed by atoms with van der Waals surface area (Å²) in [6, 6.07) is 14.8. The van der Waals surface area contributed by atoms with Crippen molar-refractivity contribution in [2.24, 2.45) is 5.73 Å². The molecule has 2 N–H and O–H groups in total. The molecule has 2 nitrogen and oxygen atoms in total. The maximum absolute atomic E-state index is 6.14. The molecule has 0 heterocycles. The largest absolute Gasteiger partial charge is 0.341 e. The summed E-state index contributed by atoms with van der Waals surface area (Å²) < 4.78 is 1.06. The smallest absolute Gasteiger partial charge is 0.0459 e. The van der Waals surface area contributed by atoms with Crippen molar-refractivity contribution >= 4 is 27.3 Å². The van der Waals surface area contributed by atoms with E-state index in [2.05, 4.69) is 77.1 Å². The fourth-order valence-electron chi connectivity index (χ4n) is 2.47. The second-order valence-electron chi connectivity index (χ2n) is 5.02. The van der Waals surface area contributed by atoms with Crippen LogP contribution in [0.1, 0.15) is 31.0 Å². The van der Waals surface area contributed by atoms with Crippen LogP contribution in [0.15, 0.2) is 46.9 Å². The Morgan fingerprint density at radius 3 is 2.45 bits per heavy atom. The van der Waals surface area contributed by atoms with Gasteiger partial charge in [0.15, 0.2) is 0 Å². The summed E-state index contributed by atoms with van der Waals surface area (Å²) in [4.78, 5) is 2.32. The van der Waals surface area contributed by atoms with Crippen molar-refractivity contribution in [3.8, 4) is 0 Å². The van der Waals surface area contributed by atoms with E-state index < -0.39 is 0 Å². The molecule has 20 heavy (non-hydrogen) atoms. The van der Waals surface area contributed by atoms with E-state index in [4.69, 9.17) is 5.73 Å². The van der Waals surface area contributed by atoms with E-state index in [1.165, 1.54) is 16.9 Å². The van der Waals surface area contributed by atoms with Crippen LogP contribution < -0.4 is 10.6 Å². The van der Waals surface area contributed by atoms with Gasteiger partial charge >= 0.3 is 0 Å². The Balaban J connectivity index is 2.55. The molecule has 0 amide bonds. The molecule has 0 radical (unpaired) electrons. The van der Waals surface area contributed by atoms with E-state index in [0.717, 1.165) is 16.6 Å². The molecule has 3 heteroatoms. The molecule has 0 aliphatic carbocycles. The number of nitrogens with zero attached hydrogens (tertiary/aromatic N) is 1. The number of hydrogen-bond donors (Lipinski definition) is 1. The van der Waals surface area contributed by atoms with Crippen LogP contribution in [0.25, 0.3) is 0 Å². The SMILES string of the molecule is CCN(c1ccccc1C)c1ccc(Br)cc1C(C)N. The molecule has 0 saturated heterocycles. The van der Waals surface area contributed by atoms with Crippen molar-refractivity contribution in [2.75, 3.05) is 11.4 Å². The third-order valence-electron chi connectivity index (χ3n) is 3.49. The number of halogens is 1. The highest BCUT2D eigenvalue weighted by atomic mass is 79.9. The van der Waals surface area contributed by atoms with Gasteiger partial charge in [-0.15, -0.1) is 0 Å². The third-order valence-corrected chi connectivity index (χ3v) is 3.99. The number of rotatable bonds is 4. The molecular formula is C17H21BrN2. The van der Waals surface area contributed by atoms with Crippen LogP contribution in [0.5, 0.6) is 0 Å². The summed E-state index contributed by atoms with van der Waals surface area (Å²) in [6.45, 7) is 7.24. The van der Waals surface area contributed by atoms with Crippen LogP contribution in [0, 0.1) is 6.92 Å². The van der Waals surface area contributed by atoms with Crippen LogP contribution >= 0.6 is 15.9 Å². The predicted molar refractivity (Wildman–Crippen MR) is 90.6 cm³/mol. The quantitative estimate of drug-likeness (QED) is 0.859. The van der Waals surface area contributed by atoms with Crippen LogP contribution in [0.4, 0.5) is 11.4 Å². The Morgan fingerprint density at radius 2 is 1.85 bits per heavy atom. The van der Waals surface area contributed by atoms with E-state index in [9.17, 15) is 0 Å². The molecule has 0 fully saturated rings. The topological polar surface area (TPSA) is 29.3 Å². The lowest BCUT2D eigenvalue weighted by molar-refractivity contribution is 0.810. The van der Waals surface area contributed by atoms with Gasteiger partial charge < -0.3 is 10.6 Å². The Bertz CT molecular complexity index is 593. The second-order valence-corrected chi connectivity index (χ2v) is 5.94. The first-order valence-corrected chi connectivity index (χ1v) is 7.72. The zero-order valence-electron chi connectivity index (χ0n) is 12.2. The van der Waals surface area contributed by atoms with Gasteiger partial charge in [0.25, 0.3) is 0 Å². The van der Waals surface area contributed by atoms with Gasteiger partial charge in [0.1, 0.15) is 0 Å². The number of para-hydroxylation sites is 1. The average Bonchev–Trinajstić information content (AvgIpc) is 2.42. The van der Waals surface area contributed by atoms with E-state index in [1.807, 2.05) is 6.92 Å². The predicted octanol–water partition coefficient (Wildman–Crippen LogP) is 4.94. The van der Waals surface area contributed by atoms with Gasteiger partial charge in [0, 0.05) is 28.4 Å². The molecule has 106 valence electrons. The highest BCUT2D eigenvalue weighted by Gasteiger charge is 2.15. The third kappa shape index (κ3) is 3.05. The van der Waals surface area contributed by atoms with Crippen molar-refractivity contribution < 1.29 is 0 Å². The van der Waals surface area contributed by atoms with Gasteiger partial charge in [-0.3, -0.25) is 0 Å². The summed E-state index contributed by atoms with van der Waals surface area (Å²) >= 11 is 3.53. The van der Waals surface area contributed by atoms with Crippen molar-refractivity contribution in [1.29, 1.82) is 0 Å². The first-order chi connectivity index (χ1) is 9.54. The van der Waals surface area contributed by atoms with E-state index in [1.54, 1.807) is 0 Å². The minimum atomic E-state index is 0.000526. The first kappa shape index (κ1) is 15.1. The monoisotopic (exact) mass is 332 g/mol. The van der Waals surface area contributed by atoms with Gasteiger partial charge in [-0.05, 0) is 56.2 Å². The summed E-state index contributed by atoms with van der Waals surface area (Å²) in [7, 11) is 0. The number of aryl methyl sites for hydroxylation is 1. The lowest BCUT2D eigenvalue weighted by Crippen LogP contribution is -2.20. The van der Waals surface area contributed by atoms with Gasteiger partial charge in [0.2, 0.25) is 0 Å². The van der Waals surface area contributed by atoms with Crippen LogP contribution in [0.2, 0.25) is 0 Å². The van der Waals surface area contributed by atoms with Crippen molar-refractivity contribution in [3.63, 3.8) is 0 Å². The summed E-state index contributed by atoms with van der Waals surface area (Å²) in [5, 5.41) is 0. The maximum atomic E-state index is 6.14. The zero-order valence-corrected chi connectivity index (χ0v) is 13.8. The molecule has 1 unspecified atom stereocenters. The Kier molecular flexibility index (Phi) is 4.84. The molecule has 0 aliphatic rings. The van der Waals surface area contributed by atoms with Gasteiger partial charge in [0.05, 0.1) is 0 Å². The summed E-state index contributed by atoms with van der Waals surface area (Å²) in [5.74, 6) is 0. The fraction of sp³-hybridized carbons (Fsp3) is 0.294. The lowest BCUT2D eigenvalue weighted by Gasteiger charge is -2.28. The van der Waals surface area contributed by atoms with Crippen LogP contribution in [-0.2, 0) is 0 Å². The summed E-state index contributed by atoms with van der Waals surface area (Å²) in [6.07, 6.45) is 0. The maximum Gasteiger partial charge on any atom is 0.0459 e. The van der Waals surface area contributed by atoms with Crippen LogP contribution in [-0.4, -0.2) is 6.54 Å². The zero-order chi connectivity index (χ0) is 14.7. The fourth-order valence-corrected chi connectivity index (χ4v) is 2.85. The average molecular weight is 333 g/mol. The standard InChI is InChI=1S/C17H21BrN2/c1-4-20(16-8-6-5-7-12(16)2)17-10-9-14(18)11-15(17)13(3)19/h5-11,13H,4,19H2,1-3H3. The van der Waals surface area contributed by atoms with Gasteiger partial charge in [-0.1, -0.05) is 34.1 Å². The lowest BCUT2D eigenvalue weighted by atomic mass is 10.0. The highest BCUT2D eigenvalue weighted by Crippen LogP contribution is 2.34. The molecule has 1 atom stereocenters. The van der Waals surface area contributed by atoms with Gasteiger partial charge in [-0.25, -0.2) is 0 Å². The Hall–Kier alpha value is -1.32. The molecule has 2 rings (SSSR count). The van der Waals surface area contributed by atoms with Crippen molar-refractivity contribution in [2.45, 2.75) is 26.8 Å². The molecule has 2 aromatic carbocycles. The van der Waals surface area contributed by atoms with Crippen LogP contribution in [0.3, 0.4) is 0 Å². The molecule has 0 bridgehead atoms. The van der Waals surface area contributed by atoms with Gasteiger partial charge in [-0.2, -0.15) is 0 Å². The summed E-state index contributed by atoms with van der Waals surface area (Å²) in [5.41, 5.74) is 11.0. The molecule has 0 spiro atoms. The number of benzene rings is 2. The minimum absolute atomic E-state index is 0.000526. The highest BCUT2D eigenvalue weighted by molar-refractivity contribution is 9.10. The Labute approximate surface area is 129 Å². The van der Waals surface area contributed by atoms with Crippen molar-refractivity contribution in [3.05, 3.63) is 58.1 Å². The van der Waals surface area contributed by atoms with Crippen molar-refractivity contribution in [1.82, 2.24) is 0 Å². The molecule has 0 saturated carbocycles. The second kappa shape index (κ2) is 6.42. The molecular weight excluding hydrogens is 312 g/mol. The minimum Gasteiger partial charge on any atom is -0.341 e. The molecule has 0 aromatic heterocycles. The first-order valence-electron chi connectivity index (χ1n) is 6.92. The number of anilines is 2.